The maximum Gasteiger partial charge on any atom is 0.213 e. The van der Waals surface area contributed by atoms with Crippen LogP contribution in [0.1, 0.15) is 25.5 Å². The molecule has 0 aromatic carbocycles. The van der Waals surface area contributed by atoms with Gasteiger partial charge < -0.3 is 10.1 Å². The van der Waals surface area contributed by atoms with Gasteiger partial charge in [-0.3, -0.25) is 0 Å². The van der Waals surface area contributed by atoms with Crippen molar-refractivity contribution in [1.29, 1.82) is 0 Å². The molecule has 1 aromatic heterocycles. The number of nitrogens with zero attached hydrogens (tertiary/aromatic N) is 1. The summed E-state index contributed by atoms with van der Waals surface area (Å²) in [6.45, 7) is 4.23. The summed E-state index contributed by atoms with van der Waals surface area (Å²) in [5, 5.41) is 3.44. The van der Waals surface area contributed by atoms with Crippen LogP contribution in [0, 0.1) is 5.41 Å². The van der Waals surface area contributed by atoms with Crippen LogP contribution in [-0.2, 0) is 6.54 Å². The predicted octanol–water partition coefficient (Wildman–Crippen LogP) is 1.98. The van der Waals surface area contributed by atoms with Crippen molar-refractivity contribution in [3.63, 3.8) is 0 Å². The van der Waals surface area contributed by atoms with E-state index in [4.69, 9.17) is 4.74 Å². The van der Waals surface area contributed by atoms with Crippen LogP contribution in [0.15, 0.2) is 18.2 Å². The highest BCUT2D eigenvalue weighted by molar-refractivity contribution is 5.15. The first kappa shape index (κ1) is 10.4. The summed E-state index contributed by atoms with van der Waals surface area (Å²) in [5.74, 6) is 0.687. The average Bonchev–Trinajstić information content (AvgIpc) is 2.97. The molecule has 0 spiro atoms. The molecule has 3 nitrogen and oxygen atoms in total. The molecule has 0 amide bonds. The second-order valence-electron chi connectivity index (χ2n) is 4.59. The van der Waals surface area contributed by atoms with Crippen LogP contribution in [-0.4, -0.2) is 18.6 Å². The van der Waals surface area contributed by atoms with Crippen molar-refractivity contribution in [2.24, 2.45) is 5.41 Å². The molecule has 2 rings (SSSR count). The van der Waals surface area contributed by atoms with Crippen molar-refractivity contribution in [3.8, 4) is 5.88 Å². The number of nitrogens with one attached hydrogen (secondary N) is 1. The van der Waals surface area contributed by atoms with Gasteiger partial charge in [-0.05, 0) is 24.3 Å². The van der Waals surface area contributed by atoms with Crippen molar-refractivity contribution in [2.75, 3.05) is 13.7 Å². The van der Waals surface area contributed by atoms with Crippen LogP contribution >= 0.6 is 0 Å². The van der Waals surface area contributed by atoms with Crippen LogP contribution in [0.4, 0.5) is 0 Å². The van der Waals surface area contributed by atoms with Gasteiger partial charge in [-0.2, -0.15) is 0 Å². The van der Waals surface area contributed by atoms with Crippen molar-refractivity contribution in [1.82, 2.24) is 10.3 Å². The molecule has 1 heterocycles. The molecule has 3 heteroatoms. The number of ether oxygens (including phenoxy) is 1. The summed E-state index contributed by atoms with van der Waals surface area (Å²) in [6.07, 6.45) is 2.71. The van der Waals surface area contributed by atoms with E-state index in [-0.39, 0.29) is 0 Å². The first-order chi connectivity index (χ1) is 7.22. The highest BCUT2D eigenvalue weighted by atomic mass is 16.5. The molecule has 0 radical (unpaired) electrons. The first-order valence-corrected chi connectivity index (χ1v) is 5.42. The van der Waals surface area contributed by atoms with E-state index in [1.807, 2.05) is 18.2 Å². The standard InChI is InChI=1S/C12H18N2O/c1-12(6-7-12)9-13-8-10-4-3-5-11(14-10)15-2/h3-5,13H,6-9H2,1-2H3. The van der Waals surface area contributed by atoms with E-state index in [1.54, 1.807) is 7.11 Å². The lowest BCUT2D eigenvalue weighted by Crippen LogP contribution is -2.22. The fourth-order valence-electron chi connectivity index (χ4n) is 1.55. The van der Waals surface area contributed by atoms with Crippen LogP contribution in [0.2, 0.25) is 0 Å². The zero-order chi connectivity index (χ0) is 10.7. The minimum absolute atomic E-state index is 0.554. The van der Waals surface area contributed by atoms with Gasteiger partial charge in [-0.1, -0.05) is 13.0 Å². The minimum atomic E-state index is 0.554. The van der Waals surface area contributed by atoms with Crippen molar-refractivity contribution in [3.05, 3.63) is 23.9 Å². The van der Waals surface area contributed by atoms with Crippen LogP contribution < -0.4 is 10.1 Å². The topological polar surface area (TPSA) is 34.1 Å². The van der Waals surface area contributed by atoms with Gasteiger partial charge in [0.1, 0.15) is 0 Å². The SMILES string of the molecule is COc1cccc(CNCC2(C)CC2)n1. The Labute approximate surface area is 90.9 Å². The third-order valence-corrected chi connectivity index (χ3v) is 2.95. The number of aromatic nitrogens is 1. The normalized spacial score (nSPS) is 17.5. The summed E-state index contributed by atoms with van der Waals surface area (Å²) in [7, 11) is 1.64. The Bertz CT molecular complexity index is 334. The predicted molar refractivity (Wildman–Crippen MR) is 59.8 cm³/mol. The lowest BCUT2D eigenvalue weighted by molar-refractivity contribution is 0.395. The molecule has 1 saturated carbocycles. The maximum absolute atomic E-state index is 5.08. The van der Waals surface area contributed by atoms with Crippen LogP contribution in [0.25, 0.3) is 0 Å². The summed E-state index contributed by atoms with van der Waals surface area (Å²) in [6, 6.07) is 5.86. The van der Waals surface area contributed by atoms with Gasteiger partial charge in [0.25, 0.3) is 0 Å². The lowest BCUT2D eigenvalue weighted by atomic mass is 10.1. The van der Waals surface area contributed by atoms with E-state index in [9.17, 15) is 0 Å². The highest BCUT2D eigenvalue weighted by Gasteiger charge is 2.36. The van der Waals surface area contributed by atoms with Gasteiger partial charge in [0, 0.05) is 19.2 Å². The average molecular weight is 206 g/mol. The Kier molecular flexibility index (Phi) is 2.91. The number of methoxy groups -OCH3 is 1. The van der Waals surface area contributed by atoms with E-state index in [0.29, 0.717) is 11.3 Å². The molecule has 1 aliphatic carbocycles. The molecule has 1 aliphatic rings. The zero-order valence-corrected chi connectivity index (χ0v) is 9.42. The fraction of sp³-hybridized carbons (Fsp3) is 0.583. The van der Waals surface area contributed by atoms with Crippen LogP contribution in [0.5, 0.6) is 5.88 Å². The molecule has 1 aromatic rings. The Hall–Kier alpha value is -1.09. The maximum atomic E-state index is 5.08. The molecule has 0 aliphatic heterocycles. The first-order valence-electron chi connectivity index (χ1n) is 5.42. The second kappa shape index (κ2) is 4.19. The molecule has 0 atom stereocenters. The van der Waals surface area contributed by atoms with Crippen molar-refractivity contribution in [2.45, 2.75) is 26.3 Å². The van der Waals surface area contributed by atoms with Crippen LogP contribution in [0.3, 0.4) is 0 Å². The van der Waals surface area contributed by atoms with Gasteiger partial charge in [0.05, 0.1) is 12.8 Å². The quantitative estimate of drug-likeness (QED) is 0.800. The van der Waals surface area contributed by atoms with Crippen molar-refractivity contribution < 1.29 is 4.74 Å². The molecular formula is C12H18N2O. The lowest BCUT2D eigenvalue weighted by Gasteiger charge is -2.09. The third-order valence-electron chi connectivity index (χ3n) is 2.95. The van der Waals surface area contributed by atoms with Crippen molar-refractivity contribution >= 4 is 0 Å². The third kappa shape index (κ3) is 2.93. The van der Waals surface area contributed by atoms with E-state index in [0.717, 1.165) is 18.8 Å². The summed E-state index contributed by atoms with van der Waals surface area (Å²) in [4.78, 5) is 4.35. The number of pyridine rings is 1. The van der Waals surface area contributed by atoms with E-state index >= 15 is 0 Å². The second-order valence-corrected chi connectivity index (χ2v) is 4.59. The highest BCUT2D eigenvalue weighted by Crippen LogP contribution is 2.44. The molecule has 82 valence electrons. The molecular weight excluding hydrogens is 188 g/mol. The monoisotopic (exact) mass is 206 g/mol. The summed E-state index contributed by atoms with van der Waals surface area (Å²) < 4.78 is 5.08. The van der Waals surface area contributed by atoms with E-state index in [1.165, 1.54) is 12.8 Å². The molecule has 0 unspecified atom stereocenters. The fourth-order valence-corrected chi connectivity index (χ4v) is 1.55. The summed E-state index contributed by atoms with van der Waals surface area (Å²) in [5.41, 5.74) is 1.59. The Morgan fingerprint density at radius 1 is 1.47 bits per heavy atom. The van der Waals surface area contributed by atoms with Gasteiger partial charge in [0.2, 0.25) is 5.88 Å². The molecule has 15 heavy (non-hydrogen) atoms. The minimum Gasteiger partial charge on any atom is -0.481 e. The number of hydrogen-bond donors (Lipinski definition) is 1. The van der Waals surface area contributed by atoms with E-state index < -0.39 is 0 Å². The van der Waals surface area contributed by atoms with Gasteiger partial charge >= 0.3 is 0 Å². The Morgan fingerprint density at radius 3 is 2.93 bits per heavy atom. The smallest absolute Gasteiger partial charge is 0.213 e. The number of hydrogen-bond acceptors (Lipinski definition) is 3. The molecule has 1 N–H and O–H groups in total. The largest absolute Gasteiger partial charge is 0.481 e. The number of rotatable bonds is 5. The van der Waals surface area contributed by atoms with Gasteiger partial charge in [-0.15, -0.1) is 0 Å². The zero-order valence-electron chi connectivity index (χ0n) is 9.42. The Morgan fingerprint density at radius 2 is 2.27 bits per heavy atom. The Balaban J connectivity index is 1.82. The van der Waals surface area contributed by atoms with E-state index in [2.05, 4.69) is 17.2 Å². The molecule has 0 bridgehead atoms. The van der Waals surface area contributed by atoms with Gasteiger partial charge in [0.15, 0.2) is 0 Å². The van der Waals surface area contributed by atoms with Gasteiger partial charge in [-0.25, -0.2) is 4.98 Å². The molecule has 1 fully saturated rings. The summed E-state index contributed by atoms with van der Waals surface area (Å²) >= 11 is 0. The molecule has 0 saturated heterocycles.